The first-order chi connectivity index (χ1) is 5.24. The molecule has 0 radical (unpaired) electrons. The van der Waals surface area contributed by atoms with Crippen molar-refractivity contribution in [3.8, 4) is 0 Å². The number of hydrogen-bond donors (Lipinski definition) is 1. The first-order valence-corrected chi connectivity index (χ1v) is 4.35. The van der Waals surface area contributed by atoms with Gasteiger partial charge in [-0.05, 0) is 31.0 Å². The number of hydrogen-bond acceptors (Lipinski definition) is 3. The second kappa shape index (κ2) is 3.64. The quantitative estimate of drug-likeness (QED) is 0.694. The van der Waals surface area contributed by atoms with Crippen LogP contribution in [0.4, 0.5) is 0 Å². The van der Waals surface area contributed by atoms with Crippen molar-refractivity contribution in [1.29, 1.82) is 0 Å². The van der Waals surface area contributed by atoms with Crippen LogP contribution in [0.3, 0.4) is 0 Å². The average molecular weight is 169 g/mol. The molecule has 0 fully saturated rings. The van der Waals surface area contributed by atoms with Crippen LogP contribution in [0.15, 0.2) is 11.4 Å². The Kier molecular flexibility index (Phi) is 2.79. The third kappa shape index (κ3) is 2.13. The lowest BCUT2D eigenvalue weighted by Gasteiger charge is -1.93. The van der Waals surface area contributed by atoms with E-state index in [1.165, 1.54) is 11.3 Å². The molecule has 3 heteroatoms. The molecule has 0 aromatic carbocycles. The minimum atomic E-state index is 0.172. The maximum absolute atomic E-state index is 11.2. The minimum Gasteiger partial charge on any atom is -0.313 e. The Morgan fingerprint density at radius 3 is 2.91 bits per heavy atom. The number of carbonyl (C=O) groups excluding carboxylic acids is 1. The van der Waals surface area contributed by atoms with Gasteiger partial charge >= 0.3 is 0 Å². The highest BCUT2D eigenvalue weighted by molar-refractivity contribution is 7.12. The number of carbonyl (C=O) groups is 1. The molecule has 1 heterocycles. The van der Waals surface area contributed by atoms with Crippen LogP contribution >= 0.6 is 11.3 Å². The van der Waals surface area contributed by atoms with Crippen molar-refractivity contribution in [1.82, 2.24) is 5.32 Å². The molecule has 11 heavy (non-hydrogen) atoms. The van der Waals surface area contributed by atoms with Crippen LogP contribution in [-0.2, 0) is 0 Å². The van der Waals surface area contributed by atoms with Crippen molar-refractivity contribution in [3.05, 3.63) is 21.9 Å². The van der Waals surface area contributed by atoms with Crippen molar-refractivity contribution < 1.29 is 4.79 Å². The maximum Gasteiger partial charge on any atom is 0.186 e. The van der Waals surface area contributed by atoms with Crippen molar-refractivity contribution >= 4 is 17.1 Å². The lowest BCUT2D eigenvalue weighted by molar-refractivity contribution is 0.0997. The number of rotatable bonds is 3. The van der Waals surface area contributed by atoms with Crippen LogP contribution in [0.2, 0.25) is 0 Å². The molecule has 0 saturated heterocycles. The van der Waals surface area contributed by atoms with Gasteiger partial charge in [0, 0.05) is 0 Å². The van der Waals surface area contributed by atoms with Crippen LogP contribution in [0.5, 0.6) is 0 Å². The second-order valence-corrected chi connectivity index (χ2v) is 3.35. The highest BCUT2D eigenvalue weighted by Crippen LogP contribution is 2.13. The van der Waals surface area contributed by atoms with Crippen molar-refractivity contribution in [2.45, 2.75) is 6.92 Å². The van der Waals surface area contributed by atoms with Gasteiger partial charge in [0.05, 0.1) is 11.4 Å². The van der Waals surface area contributed by atoms with E-state index in [0.29, 0.717) is 6.54 Å². The molecule has 0 saturated carbocycles. The minimum absolute atomic E-state index is 0.172. The fourth-order valence-corrected chi connectivity index (χ4v) is 1.66. The molecular weight excluding hydrogens is 158 g/mol. The number of thiophene rings is 1. The topological polar surface area (TPSA) is 29.1 Å². The summed E-state index contributed by atoms with van der Waals surface area (Å²) in [4.78, 5) is 12.1. The number of Topliss-reactive ketones (excluding diaryl/α,β-unsaturated/α-hetero) is 1. The highest BCUT2D eigenvalue weighted by Gasteiger charge is 2.05. The fourth-order valence-electron chi connectivity index (χ4n) is 0.825. The van der Waals surface area contributed by atoms with Gasteiger partial charge in [-0.3, -0.25) is 4.79 Å². The van der Waals surface area contributed by atoms with Gasteiger partial charge in [-0.15, -0.1) is 11.3 Å². The molecule has 1 aromatic rings. The molecule has 1 rings (SSSR count). The Labute approximate surface area is 70.2 Å². The van der Waals surface area contributed by atoms with Gasteiger partial charge in [0.25, 0.3) is 0 Å². The number of likely N-dealkylation sites (N-methyl/N-ethyl adjacent to an activating group) is 1. The van der Waals surface area contributed by atoms with Crippen LogP contribution in [0.25, 0.3) is 0 Å². The van der Waals surface area contributed by atoms with E-state index in [4.69, 9.17) is 0 Å². The summed E-state index contributed by atoms with van der Waals surface area (Å²) < 4.78 is 0. The lowest BCUT2D eigenvalue weighted by atomic mass is 10.3. The molecule has 0 aliphatic heterocycles. The SMILES string of the molecule is CNCC(=O)c1cc(C)cs1. The van der Waals surface area contributed by atoms with Gasteiger partial charge in [-0.2, -0.15) is 0 Å². The van der Waals surface area contributed by atoms with Gasteiger partial charge in [0.15, 0.2) is 5.78 Å². The van der Waals surface area contributed by atoms with E-state index in [1.807, 2.05) is 18.4 Å². The zero-order valence-corrected chi connectivity index (χ0v) is 7.49. The third-order valence-electron chi connectivity index (χ3n) is 1.34. The highest BCUT2D eigenvalue weighted by atomic mass is 32.1. The van der Waals surface area contributed by atoms with E-state index in [1.54, 1.807) is 7.05 Å². The Bertz CT molecular complexity index is 254. The molecule has 60 valence electrons. The standard InChI is InChI=1S/C8H11NOS/c1-6-3-8(11-5-6)7(10)4-9-2/h3,5,9H,4H2,1-2H3. The maximum atomic E-state index is 11.2. The smallest absolute Gasteiger partial charge is 0.186 e. The summed E-state index contributed by atoms with van der Waals surface area (Å²) in [5.41, 5.74) is 1.16. The molecule has 0 amide bonds. The molecule has 0 aliphatic carbocycles. The van der Waals surface area contributed by atoms with Gasteiger partial charge in [-0.1, -0.05) is 0 Å². The van der Waals surface area contributed by atoms with E-state index in [2.05, 4.69) is 5.32 Å². The van der Waals surface area contributed by atoms with E-state index in [-0.39, 0.29) is 5.78 Å². The summed E-state index contributed by atoms with van der Waals surface area (Å²) in [6.07, 6.45) is 0. The third-order valence-corrected chi connectivity index (χ3v) is 2.43. The van der Waals surface area contributed by atoms with Crippen LogP contribution in [0.1, 0.15) is 15.2 Å². The monoisotopic (exact) mass is 169 g/mol. The largest absolute Gasteiger partial charge is 0.313 e. The van der Waals surface area contributed by atoms with E-state index in [0.717, 1.165) is 10.4 Å². The molecule has 0 unspecified atom stereocenters. The number of ketones is 1. The fraction of sp³-hybridized carbons (Fsp3) is 0.375. The van der Waals surface area contributed by atoms with Gasteiger partial charge in [0.1, 0.15) is 0 Å². The molecule has 2 nitrogen and oxygen atoms in total. The molecule has 0 spiro atoms. The first-order valence-electron chi connectivity index (χ1n) is 3.47. The summed E-state index contributed by atoms with van der Waals surface area (Å²) in [7, 11) is 1.78. The Morgan fingerprint density at radius 2 is 2.45 bits per heavy atom. The predicted molar refractivity (Wildman–Crippen MR) is 47.3 cm³/mol. The van der Waals surface area contributed by atoms with Gasteiger partial charge < -0.3 is 5.32 Å². The van der Waals surface area contributed by atoms with Crippen molar-refractivity contribution in [2.24, 2.45) is 0 Å². The molecular formula is C8H11NOS. The summed E-state index contributed by atoms with van der Waals surface area (Å²) in [5.74, 6) is 0.172. The number of aryl methyl sites for hydroxylation is 1. The molecule has 1 N–H and O–H groups in total. The lowest BCUT2D eigenvalue weighted by Crippen LogP contribution is -2.17. The van der Waals surface area contributed by atoms with Crippen molar-refractivity contribution in [2.75, 3.05) is 13.6 Å². The van der Waals surface area contributed by atoms with E-state index in [9.17, 15) is 4.79 Å². The predicted octanol–water partition coefficient (Wildman–Crippen LogP) is 1.46. The normalized spacial score (nSPS) is 10.0. The zero-order chi connectivity index (χ0) is 8.27. The molecule has 0 aliphatic rings. The Hall–Kier alpha value is -0.670. The van der Waals surface area contributed by atoms with Gasteiger partial charge in [-0.25, -0.2) is 0 Å². The molecule has 0 atom stereocenters. The molecule has 0 bridgehead atoms. The van der Waals surface area contributed by atoms with Crippen molar-refractivity contribution in [3.63, 3.8) is 0 Å². The number of nitrogens with one attached hydrogen (secondary N) is 1. The van der Waals surface area contributed by atoms with Crippen LogP contribution in [-0.4, -0.2) is 19.4 Å². The van der Waals surface area contributed by atoms with E-state index >= 15 is 0 Å². The van der Waals surface area contributed by atoms with Crippen LogP contribution < -0.4 is 5.32 Å². The summed E-state index contributed by atoms with van der Waals surface area (Å²) >= 11 is 1.51. The van der Waals surface area contributed by atoms with E-state index < -0.39 is 0 Å². The Balaban J connectivity index is 2.69. The van der Waals surface area contributed by atoms with Gasteiger partial charge in [0.2, 0.25) is 0 Å². The summed E-state index contributed by atoms with van der Waals surface area (Å²) in [6, 6.07) is 1.92. The summed E-state index contributed by atoms with van der Waals surface area (Å²) in [6.45, 7) is 2.42. The Morgan fingerprint density at radius 1 is 1.73 bits per heavy atom. The average Bonchev–Trinajstić information content (AvgIpc) is 2.36. The molecule has 1 aromatic heterocycles. The second-order valence-electron chi connectivity index (χ2n) is 2.44. The zero-order valence-electron chi connectivity index (χ0n) is 6.68. The summed E-state index contributed by atoms with van der Waals surface area (Å²) in [5, 5.41) is 4.82. The first kappa shape index (κ1) is 8.43. The van der Waals surface area contributed by atoms with Crippen LogP contribution in [0, 0.1) is 6.92 Å².